The number of aliphatic hydroxyl groups is 1. The Bertz CT molecular complexity index is 1730. The van der Waals surface area contributed by atoms with Gasteiger partial charge in [0.1, 0.15) is 5.69 Å². The highest BCUT2D eigenvalue weighted by atomic mass is 35.5. The van der Waals surface area contributed by atoms with E-state index in [1.165, 1.54) is 30.7 Å². The molecule has 1 N–H and O–H groups in total. The van der Waals surface area contributed by atoms with Crippen molar-refractivity contribution < 1.29 is 27.1 Å². The quantitative estimate of drug-likeness (QED) is 0.212. The molecule has 3 aromatic heterocycles. The summed E-state index contributed by atoms with van der Waals surface area (Å²) >= 11 is 6.90. The highest BCUT2D eigenvalue weighted by Gasteiger charge is 2.39. The first-order chi connectivity index (χ1) is 19.2. The molecular formula is C30H24ClF5N4O. The molecule has 0 saturated heterocycles. The van der Waals surface area contributed by atoms with Crippen LogP contribution >= 0.6 is 11.6 Å². The molecule has 0 aliphatic heterocycles. The van der Waals surface area contributed by atoms with Crippen LogP contribution in [-0.4, -0.2) is 24.6 Å². The zero-order valence-electron chi connectivity index (χ0n) is 22.1. The molecule has 41 heavy (non-hydrogen) atoms. The molecule has 0 aliphatic carbocycles. The monoisotopic (exact) mass is 586 g/mol. The standard InChI is InChI=1S/C30H24ClF5N4O/c1-17-22(12-18-4-6-19(7-5-18)28(2,32)33)27(31)23-13-20(8-10-24(23)39-17)29(41,26-15-37-16-40(26)3)21-9-11-25(38-14-21)30(34,35)36/h4-11,13-16,41H,12H2,1-3H3. The number of alkyl halides is 5. The molecule has 1 atom stereocenters. The molecule has 0 bridgehead atoms. The topological polar surface area (TPSA) is 63.8 Å². The van der Waals surface area contributed by atoms with Gasteiger partial charge in [0.2, 0.25) is 0 Å². The number of rotatable bonds is 6. The lowest BCUT2D eigenvalue weighted by Crippen LogP contribution is -2.31. The zero-order valence-corrected chi connectivity index (χ0v) is 22.9. The Morgan fingerprint density at radius 1 is 0.902 bits per heavy atom. The lowest BCUT2D eigenvalue weighted by atomic mass is 9.83. The average Bonchev–Trinajstić information content (AvgIpc) is 3.36. The van der Waals surface area contributed by atoms with Crippen molar-refractivity contribution in [3.05, 3.63) is 123 Å². The summed E-state index contributed by atoms with van der Waals surface area (Å²) in [5, 5.41) is 13.0. The summed E-state index contributed by atoms with van der Waals surface area (Å²) in [6.07, 6.45) is -0.441. The molecule has 5 rings (SSSR count). The first kappa shape index (κ1) is 28.6. The van der Waals surface area contributed by atoms with Gasteiger partial charge < -0.3 is 9.67 Å². The fourth-order valence-electron chi connectivity index (χ4n) is 4.87. The highest BCUT2D eigenvalue weighted by molar-refractivity contribution is 6.36. The van der Waals surface area contributed by atoms with Gasteiger partial charge in [-0.1, -0.05) is 48.0 Å². The number of halogens is 6. The van der Waals surface area contributed by atoms with Crippen LogP contribution in [0.4, 0.5) is 22.0 Å². The second-order valence-corrected chi connectivity index (χ2v) is 10.4. The number of pyridine rings is 2. The molecule has 3 heterocycles. The molecule has 5 nitrogen and oxygen atoms in total. The number of fused-ring (bicyclic) bond motifs is 1. The summed E-state index contributed by atoms with van der Waals surface area (Å²) in [6, 6.07) is 12.9. The first-order valence-corrected chi connectivity index (χ1v) is 12.9. The summed E-state index contributed by atoms with van der Waals surface area (Å²) < 4.78 is 68.5. The van der Waals surface area contributed by atoms with E-state index in [-0.39, 0.29) is 11.1 Å². The molecule has 5 aromatic rings. The Labute approximate surface area is 237 Å². The molecule has 0 aliphatic rings. The maximum absolute atomic E-state index is 13.7. The van der Waals surface area contributed by atoms with Crippen molar-refractivity contribution >= 4 is 22.5 Å². The van der Waals surface area contributed by atoms with E-state index < -0.39 is 23.4 Å². The van der Waals surface area contributed by atoms with Gasteiger partial charge in [0.05, 0.1) is 28.8 Å². The van der Waals surface area contributed by atoms with Crippen LogP contribution in [0, 0.1) is 6.92 Å². The molecule has 2 aromatic carbocycles. The Balaban J connectivity index is 1.63. The van der Waals surface area contributed by atoms with Gasteiger partial charge in [-0.25, -0.2) is 13.8 Å². The second-order valence-electron chi connectivity index (χ2n) is 10.0. The van der Waals surface area contributed by atoms with Gasteiger partial charge in [-0.05, 0) is 41.8 Å². The van der Waals surface area contributed by atoms with Crippen LogP contribution in [0.3, 0.4) is 0 Å². The predicted molar refractivity (Wildman–Crippen MR) is 145 cm³/mol. The van der Waals surface area contributed by atoms with E-state index in [4.69, 9.17) is 11.6 Å². The zero-order chi connectivity index (χ0) is 29.7. The Morgan fingerprint density at radius 2 is 1.56 bits per heavy atom. The van der Waals surface area contributed by atoms with Crippen LogP contribution in [0.2, 0.25) is 5.02 Å². The third-order valence-corrected chi connectivity index (χ3v) is 7.57. The van der Waals surface area contributed by atoms with Gasteiger partial charge in [0.15, 0.2) is 5.60 Å². The molecule has 0 saturated carbocycles. The minimum atomic E-state index is -4.64. The molecule has 212 valence electrons. The SMILES string of the molecule is Cc1nc2ccc(C(O)(c3ccc(C(F)(F)F)nc3)c3cncn3C)cc2c(Cl)c1Cc1ccc(C(C)(F)F)cc1. The number of benzene rings is 2. The number of hydrogen-bond acceptors (Lipinski definition) is 4. The van der Waals surface area contributed by atoms with Crippen molar-refractivity contribution in [2.24, 2.45) is 7.05 Å². The lowest BCUT2D eigenvalue weighted by molar-refractivity contribution is -0.141. The second kappa shape index (κ2) is 10.2. The third-order valence-electron chi connectivity index (χ3n) is 7.14. The number of hydrogen-bond donors (Lipinski definition) is 1. The van der Waals surface area contributed by atoms with Crippen LogP contribution in [0.15, 0.2) is 73.3 Å². The van der Waals surface area contributed by atoms with E-state index in [9.17, 15) is 27.1 Å². The maximum atomic E-state index is 13.7. The fourth-order valence-corrected chi connectivity index (χ4v) is 5.23. The van der Waals surface area contributed by atoms with Gasteiger partial charge in [0, 0.05) is 48.8 Å². The minimum Gasteiger partial charge on any atom is -0.374 e. The summed E-state index contributed by atoms with van der Waals surface area (Å²) in [5.74, 6) is -2.96. The first-order valence-electron chi connectivity index (χ1n) is 12.5. The van der Waals surface area contributed by atoms with E-state index in [0.29, 0.717) is 44.9 Å². The predicted octanol–water partition coefficient (Wildman–Crippen LogP) is 7.33. The molecule has 0 fully saturated rings. The summed E-state index contributed by atoms with van der Waals surface area (Å²) in [5.41, 5.74) is 0.186. The molecule has 1 unspecified atom stereocenters. The van der Waals surface area contributed by atoms with Crippen molar-refractivity contribution in [2.45, 2.75) is 38.0 Å². The van der Waals surface area contributed by atoms with Crippen LogP contribution in [0.1, 0.15) is 51.8 Å². The van der Waals surface area contributed by atoms with Crippen LogP contribution in [0.25, 0.3) is 10.9 Å². The summed E-state index contributed by atoms with van der Waals surface area (Å²) in [6.45, 7) is 2.63. The number of imidazole rings is 1. The van der Waals surface area contributed by atoms with Gasteiger partial charge >= 0.3 is 6.18 Å². The molecule has 0 amide bonds. The number of nitrogens with zero attached hydrogens (tertiary/aromatic N) is 4. The maximum Gasteiger partial charge on any atom is 0.433 e. The van der Waals surface area contributed by atoms with Gasteiger partial charge in [-0.15, -0.1) is 0 Å². The minimum absolute atomic E-state index is 0.0951. The van der Waals surface area contributed by atoms with Gasteiger partial charge in [0.25, 0.3) is 5.92 Å². The Morgan fingerprint density at radius 3 is 2.12 bits per heavy atom. The van der Waals surface area contributed by atoms with E-state index >= 15 is 0 Å². The fraction of sp³-hybridized carbons (Fsp3) is 0.233. The van der Waals surface area contributed by atoms with E-state index in [1.54, 1.807) is 48.9 Å². The molecular weight excluding hydrogens is 563 g/mol. The van der Waals surface area contributed by atoms with Crippen molar-refractivity contribution in [1.29, 1.82) is 0 Å². The van der Waals surface area contributed by atoms with Crippen LogP contribution in [0.5, 0.6) is 0 Å². The smallest absolute Gasteiger partial charge is 0.374 e. The third kappa shape index (κ3) is 5.29. The highest BCUT2D eigenvalue weighted by Crippen LogP contribution is 2.40. The van der Waals surface area contributed by atoms with Crippen molar-refractivity contribution in [3.63, 3.8) is 0 Å². The Hall–Kier alpha value is -3.89. The van der Waals surface area contributed by atoms with Crippen molar-refractivity contribution in [2.75, 3.05) is 0 Å². The Kier molecular flexibility index (Phi) is 7.11. The van der Waals surface area contributed by atoms with Gasteiger partial charge in [-0.3, -0.25) is 9.97 Å². The van der Waals surface area contributed by atoms with Crippen LogP contribution in [-0.2, 0) is 31.2 Å². The van der Waals surface area contributed by atoms with Crippen LogP contribution < -0.4 is 0 Å². The molecule has 11 heteroatoms. The summed E-state index contributed by atoms with van der Waals surface area (Å²) in [4.78, 5) is 12.3. The molecule has 0 spiro atoms. The number of aryl methyl sites for hydroxylation is 2. The normalized spacial score (nSPS) is 13.9. The van der Waals surface area contributed by atoms with Gasteiger partial charge in [-0.2, -0.15) is 13.2 Å². The van der Waals surface area contributed by atoms with E-state index in [0.717, 1.165) is 24.8 Å². The van der Waals surface area contributed by atoms with Crippen molar-refractivity contribution in [1.82, 2.24) is 19.5 Å². The van der Waals surface area contributed by atoms with E-state index in [1.807, 2.05) is 0 Å². The van der Waals surface area contributed by atoms with E-state index in [2.05, 4.69) is 15.0 Å². The summed E-state index contributed by atoms with van der Waals surface area (Å²) in [7, 11) is 1.65. The largest absolute Gasteiger partial charge is 0.433 e. The molecule has 0 radical (unpaired) electrons. The number of aromatic nitrogens is 4. The lowest BCUT2D eigenvalue weighted by Gasteiger charge is -2.30. The van der Waals surface area contributed by atoms with Crippen molar-refractivity contribution in [3.8, 4) is 0 Å². The average molecular weight is 587 g/mol.